The van der Waals surface area contributed by atoms with Crippen LogP contribution < -0.4 is 0 Å². The van der Waals surface area contributed by atoms with Crippen molar-refractivity contribution >= 4 is 11.3 Å². The Labute approximate surface area is 88.5 Å². The zero-order valence-electron chi connectivity index (χ0n) is 8.79. The van der Waals surface area contributed by atoms with E-state index in [0.29, 0.717) is 0 Å². The number of carbonyl (C=O) groups excluding carboxylic acids is 1. The van der Waals surface area contributed by atoms with Gasteiger partial charge in [0.25, 0.3) is 0 Å². The molecule has 0 aliphatic heterocycles. The van der Waals surface area contributed by atoms with E-state index in [1.54, 1.807) is 6.92 Å². The molecule has 0 radical (unpaired) electrons. The fraction of sp³-hybridized carbons (Fsp3) is 0.308. The normalized spacial score (nSPS) is 14.5. The molecule has 0 saturated heterocycles. The van der Waals surface area contributed by atoms with Gasteiger partial charge in [0.15, 0.2) is 5.78 Å². The van der Waals surface area contributed by atoms with Crippen molar-refractivity contribution in [1.82, 2.24) is 4.40 Å². The Morgan fingerprint density at radius 3 is 2.87 bits per heavy atom. The van der Waals surface area contributed by atoms with Crippen LogP contribution in [0.25, 0.3) is 5.52 Å². The van der Waals surface area contributed by atoms with Crippen LogP contribution in [0.3, 0.4) is 0 Å². The molecule has 0 fully saturated rings. The average molecular weight is 199 g/mol. The molecule has 2 heterocycles. The molecule has 1 aliphatic carbocycles. The van der Waals surface area contributed by atoms with Crippen molar-refractivity contribution in [3.63, 3.8) is 0 Å². The zero-order valence-corrected chi connectivity index (χ0v) is 8.79. The van der Waals surface area contributed by atoms with Gasteiger partial charge in [-0.15, -0.1) is 0 Å². The van der Waals surface area contributed by atoms with Crippen molar-refractivity contribution in [2.24, 2.45) is 0 Å². The minimum atomic E-state index is 0.180. The van der Waals surface area contributed by atoms with Crippen molar-refractivity contribution in [2.75, 3.05) is 0 Å². The highest BCUT2D eigenvalue weighted by Gasteiger charge is 2.23. The first-order chi connectivity index (χ1) is 7.29. The summed E-state index contributed by atoms with van der Waals surface area (Å²) in [5.74, 6) is 0.180. The molecular weight excluding hydrogens is 186 g/mol. The van der Waals surface area contributed by atoms with Crippen LogP contribution in [-0.4, -0.2) is 10.2 Å². The molecule has 15 heavy (non-hydrogen) atoms. The quantitative estimate of drug-likeness (QED) is 0.647. The number of pyridine rings is 1. The summed E-state index contributed by atoms with van der Waals surface area (Å²) in [6, 6.07) is 6.13. The van der Waals surface area contributed by atoms with Gasteiger partial charge in [0.05, 0.1) is 5.69 Å². The third kappa shape index (κ3) is 1.08. The van der Waals surface area contributed by atoms with E-state index in [1.165, 1.54) is 23.1 Å². The molecule has 3 rings (SSSR count). The summed E-state index contributed by atoms with van der Waals surface area (Å²) < 4.78 is 2.05. The number of nitrogens with zero attached hydrogens (tertiary/aromatic N) is 1. The highest BCUT2D eigenvalue weighted by Crippen LogP contribution is 2.31. The second-order valence-electron chi connectivity index (χ2n) is 4.17. The lowest BCUT2D eigenvalue weighted by Crippen LogP contribution is -2.01. The maximum atomic E-state index is 11.7. The largest absolute Gasteiger partial charge is 0.313 e. The van der Waals surface area contributed by atoms with Crippen LogP contribution in [0.4, 0.5) is 0 Å². The highest BCUT2D eigenvalue weighted by molar-refractivity contribution is 5.96. The molecule has 1 aliphatic rings. The molecule has 0 unspecified atom stereocenters. The third-order valence-corrected chi connectivity index (χ3v) is 3.25. The number of rotatable bonds is 1. The van der Waals surface area contributed by atoms with Crippen molar-refractivity contribution in [1.29, 1.82) is 0 Å². The Kier molecular flexibility index (Phi) is 1.72. The van der Waals surface area contributed by atoms with Gasteiger partial charge in [-0.1, -0.05) is 6.07 Å². The van der Waals surface area contributed by atoms with E-state index in [4.69, 9.17) is 0 Å². The summed E-state index contributed by atoms with van der Waals surface area (Å²) in [6.07, 6.45) is 5.36. The van der Waals surface area contributed by atoms with E-state index in [9.17, 15) is 4.79 Å². The van der Waals surface area contributed by atoms with Crippen LogP contribution in [0, 0.1) is 0 Å². The summed E-state index contributed by atoms with van der Waals surface area (Å²) >= 11 is 0. The van der Waals surface area contributed by atoms with E-state index in [-0.39, 0.29) is 5.78 Å². The molecule has 2 heteroatoms. The number of Topliss-reactive ketones (excluding diaryl/α,β-unsaturated/α-hetero) is 1. The number of ketones is 1. The Hall–Kier alpha value is -1.57. The predicted molar refractivity (Wildman–Crippen MR) is 59.4 cm³/mol. The van der Waals surface area contributed by atoms with Gasteiger partial charge in [-0.25, -0.2) is 0 Å². The Balaban J connectivity index is 2.46. The summed E-state index contributed by atoms with van der Waals surface area (Å²) in [5, 5.41) is 0. The lowest BCUT2D eigenvalue weighted by atomic mass is 10.1. The number of fused-ring (bicyclic) bond motifs is 3. The topological polar surface area (TPSA) is 21.5 Å². The number of carbonyl (C=O) groups is 1. The average Bonchev–Trinajstić information content (AvgIpc) is 2.75. The minimum Gasteiger partial charge on any atom is -0.313 e. The predicted octanol–water partition coefficient (Wildman–Crippen LogP) is 2.63. The number of hydrogen-bond acceptors (Lipinski definition) is 1. The van der Waals surface area contributed by atoms with E-state index in [2.05, 4.69) is 6.07 Å². The molecular formula is C13H13NO. The molecule has 76 valence electrons. The molecule has 0 saturated carbocycles. The summed E-state index contributed by atoms with van der Waals surface area (Å²) in [7, 11) is 0. The van der Waals surface area contributed by atoms with E-state index in [0.717, 1.165) is 18.5 Å². The first kappa shape index (κ1) is 8.72. The molecule has 0 spiro atoms. The van der Waals surface area contributed by atoms with Crippen LogP contribution in [0.5, 0.6) is 0 Å². The maximum Gasteiger partial charge on any atom is 0.176 e. The van der Waals surface area contributed by atoms with Gasteiger partial charge < -0.3 is 4.40 Å². The van der Waals surface area contributed by atoms with Gasteiger partial charge in [-0.2, -0.15) is 0 Å². The minimum absolute atomic E-state index is 0.180. The highest BCUT2D eigenvalue weighted by atomic mass is 16.1. The molecule has 0 atom stereocenters. The van der Waals surface area contributed by atoms with Crippen molar-refractivity contribution < 1.29 is 4.79 Å². The summed E-state index contributed by atoms with van der Waals surface area (Å²) in [4.78, 5) is 11.7. The van der Waals surface area contributed by atoms with E-state index in [1.807, 2.05) is 22.7 Å². The second kappa shape index (κ2) is 2.96. The molecule has 0 bridgehead atoms. The molecule has 2 aromatic rings. The SMILES string of the molecule is CC(=O)c1c2c(c3ccccn13)CCC2. The molecule has 0 N–H and O–H groups in total. The van der Waals surface area contributed by atoms with Gasteiger partial charge >= 0.3 is 0 Å². The van der Waals surface area contributed by atoms with Gasteiger partial charge in [-0.05, 0) is 42.5 Å². The maximum absolute atomic E-state index is 11.7. The van der Waals surface area contributed by atoms with Crippen LogP contribution in [0.2, 0.25) is 0 Å². The van der Waals surface area contributed by atoms with E-state index < -0.39 is 0 Å². The van der Waals surface area contributed by atoms with Crippen LogP contribution in [0.1, 0.15) is 35.0 Å². The Morgan fingerprint density at radius 1 is 1.27 bits per heavy atom. The number of aromatic nitrogens is 1. The standard InChI is InChI=1S/C13H13NO/c1-9(15)13-11-6-4-5-10(11)12-7-2-3-8-14(12)13/h2-3,7-8H,4-6H2,1H3. The number of aryl methyl sites for hydroxylation is 1. The Morgan fingerprint density at radius 2 is 2.07 bits per heavy atom. The number of hydrogen-bond donors (Lipinski definition) is 0. The second-order valence-corrected chi connectivity index (χ2v) is 4.17. The zero-order chi connectivity index (χ0) is 10.4. The molecule has 2 aromatic heterocycles. The van der Waals surface area contributed by atoms with Crippen molar-refractivity contribution in [3.8, 4) is 0 Å². The van der Waals surface area contributed by atoms with Crippen molar-refractivity contribution in [2.45, 2.75) is 26.2 Å². The molecule has 2 nitrogen and oxygen atoms in total. The smallest absolute Gasteiger partial charge is 0.176 e. The molecule has 0 aromatic carbocycles. The van der Waals surface area contributed by atoms with Crippen LogP contribution in [0.15, 0.2) is 24.4 Å². The monoisotopic (exact) mass is 199 g/mol. The van der Waals surface area contributed by atoms with Gasteiger partial charge in [0, 0.05) is 18.6 Å². The van der Waals surface area contributed by atoms with E-state index >= 15 is 0 Å². The van der Waals surface area contributed by atoms with Gasteiger partial charge in [0.1, 0.15) is 0 Å². The lowest BCUT2D eigenvalue weighted by Gasteiger charge is -2.01. The first-order valence-corrected chi connectivity index (χ1v) is 5.41. The third-order valence-electron chi connectivity index (χ3n) is 3.25. The van der Waals surface area contributed by atoms with Gasteiger partial charge in [-0.3, -0.25) is 4.79 Å². The Bertz CT molecular complexity index is 551. The fourth-order valence-corrected chi connectivity index (χ4v) is 2.70. The van der Waals surface area contributed by atoms with Gasteiger partial charge in [0.2, 0.25) is 0 Å². The van der Waals surface area contributed by atoms with Crippen LogP contribution in [-0.2, 0) is 12.8 Å². The lowest BCUT2D eigenvalue weighted by molar-refractivity contribution is 0.101. The van der Waals surface area contributed by atoms with Crippen molar-refractivity contribution in [3.05, 3.63) is 41.2 Å². The summed E-state index contributed by atoms with van der Waals surface area (Å²) in [6.45, 7) is 1.66. The first-order valence-electron chi connectivity index (χ1n) is 5.41. The van der Waals surface area contributed by atoms with Crippen LogP contribution >= 0.6 is 0 Å². The summed E-state index contributed by atoms with van der Waals surface area (Å²) in [5.41, 5.74) is 4.79. The fourth-order valence-electron chi connectivity index (χ4n) is 2.70. The molecule has 0 amide bonds.